The highest BCUT2D eigenvalue weighted by molar-refractivity contribution is 5.89. The number of nitrogens with zero attached hydrogens (tertiary/aromatic N) is 1. The molecular formula is C29H34N2O2. The fourth-order valence-corrected chi connectivity index (χ4v) is 4.88. The van der Waals surface area contributed by atoms with Crippen molar-refractivity contribution < 1.29 is 9.59 Å². The Bertz CT molecular complexity index is 1110. The Hall–Kier alpha value is -3.14. The van der Waals surface area contributed by atoms with Crippen molar-refractivity contribution >= 4 is 22.6 Å². The SMILES string of the molecule is Cc1cccc(CN(C(=O)CCc2cccc3ccccc23)C(C)C(=O)NC2CCCC2)c1. The zero-order valence-corrected chi connectivity index (χ0v) is 19.7. The average molecular weight is 443 g/mol. The number of hydrogen-bond donors (Lipinski definition) is 1. The van der Waals surface area contributed by atoms with Crippen LogP contribution >= 0.6 is 0 Å². The van der Waals surface area contributed by atoms with Gasteiger partial charge in [-0.05, 0) is 55.0 Å². The van der Waals surface area contributed by atoms with Crippen molar-refractivity contribution in [3.63, 3.8) is 0 Å². The van der Waals surface area contributed by atoms with Gasteiger partial charge in [0.15, 0.2) is 0 Å². The molecule has 1 atom stereocenters. The normalized spacial score (nSPS) is 14.8. The minimum Gasteiger partial charge on any atom is -0.352 e. The van der Waals surface area contributed by atoms with E-state index in [0.717, 1.165) is 36.8 Å². The third-order valence-electron chi connectivity index (χ3n) is 6.79. The minimum atomic E-state index is -0.508. The van der Waals surface area contributed by atoms with Crippen molar-refractivity contribution in [2.45, 2.75) is 71.0 Å². The van der Waals surface area contributed by atoms with Gasteiger partial charge in [-0.25, -0.2) is 0 Å². The average Bonchev–Trinajstić information content (AvgIpc) is 3.33. The molecule has 2 amide bonds. The largest absolute Gasteiger partial charge is 0.352 e. The lowest BCUT2D eigenvalue weighted by Gasteiger charge is -2.30. The van der Waals surface area contributed by atoms with E-state index < -0.39 is 6.04 Å². The summed E-state index contributed by atoms with van der Waals surface area (Å²) in [6, 6.07) is 22.4. The molecule has 0 aromatic heterocycles. The highest BCUT2D eigenvalue weighted by Crippen LogP contribution is 2.22. The van der Waals surface area contributed by atoms with E-state index >= 15 is 0 Å². The number of amides is 2. The maximum Gasteiger partial charge on any atom is 0.242 e. The van der Waals surface area contributed by atoms with Crippen molar-refractivity contribution in [2.75, 3.05) is 0 Å². The quantitative estimate of drug-likeness (QED) is 0.497. The predicted molar refractivity (Wildman–Crippen MR) is 134 cm³/mol. The van der Waals surface area contributed by atoms with Crippen molar-refractivity contribution in [1.29, 1.82) is 0 Å². The molecule has 3 aromatic rings. The highest BCUT2D eigenvalue weighted by atomic mass is 16.2. The van der Waals surface area contributed by atoms with E-state index in [9.17, 15) is 9.59 Å². The van der Waals surface area contributed by atoms with Gasteiger partial charge in [0.25, 0.3) is 0 Å². The summed E-state index contributed by atoms with van der Waals surface area (Å²) >= 11 is 0. The lowest BCUT2D eigenvalue weighted by molar-refractivity contribution is -0.140. The van der Waals surface area contributed by atoms with E-state index in [0.29, 0.717) is 19.4 Å². The van der Waals surface area contributed by atoms with Crippen LogP contribution < -0.4 is 5.32 Å². The summed E-state index contributed by atoms with van der Waals surface area (Å²) in [6.07, 6.45) is 5.42. The second kappa shape index (κ2) is 10.7. The molecule has 1 saturated carbocycles. The summed E-state index contributed by atoms with van der Waals surface area (Å²) in [5.74, 6) is -0.0356. The van der Waals surface area contributed by atoms with Gasteiger partial charge in [-0.3, -0.25) is 9.59 Å². The van der Waals surface area contributed by atoms with E-state index in [4.69, 9.17) is 0 Å². The molecule has 172 valence electrons. The fourth-order valence-electron chi connectivity index (χ4n) is 4.88. The van der Waals surface area contributed by atoms with Crippen LogP contribution in [0.15, 0.2) is 66.7 Å². The summed E-state index contributed by atoms with van der Waals surface area (Å²) in [7, 11) is 0. The zero-order valence-electron chi connectivity index (χ0n) is 19.7. The van der Waals surface area contributed by atoms with E-state index in [-0.39, 0.29) is 17.9 Å². The number of benzene rings is 3. The third kappa shape index (κ3) is 5.81. The van der Waals surface area contributed by atoms with Crippen molar-refractivity contribution in [3.8, 4) is 0 Å². The first-order valence-electron chi connectivity index (χ1n) is 12.1. The lowest BCUT2D eigenvalue weighted by atomic mass is 10.0. The number of hydrogen-bond acceptors (Lipinski definition) is 2. The molecule has 1 N–H and O–H groups in total. The maximum atomic E-state index is 13.5. The molecule has 1 aliphatic carbocycles. The van der Waals surface area contributed by atoms with Gasteiger partial charge in [-0.2, -0.15) is 0 Å². The molecule has 4 heteroatoms. The van der Waals surface area contributed by atoms with Crippen molar-refractivity contribution in [2.24, 2.45) is 0 Å². The van der Waals surface area contributed by atoms with Gasteiger partial charge in [0.2, 0.25) is 11.8 Å². The summed E-state index contributed by atoms with van der Waals surface area (Å²) in [5.41, 5.74) is 3.37. The van der Waals surface area contributed by atoms with Gasteiger partial charge >= 0.3 is 0 Å². The summed E-state index contributed by atoms with van der Waals surface area (Å²) < 4.78 is 0. The van der Waals surface area contributed by atoms with Gasteiger partial charge in [-0.15, -0.1) is 0 Å². The summed E-state index contributed by atoms with van der Waals surface area (Å²) in [5, 5.41) is 5.55. The van der Waals surface area contributed by atoms with Gasteiger partial charge in [0.05, 0.1) is 0 Å². The molecule has 0 aliphatic heterocycles. The molecule has 1 aliphatic rings. The van der Waals surface area contributed by atoms with Crippen molar-refractivity contribution in [3.05, 3.63) is 83.4 Å². The second-order valence-corrected chi connectivity index (χ2v) is 9.31. The molecule has 3 aromatic carbocycles. The Balaban J connectivity index is 1.50. The van der Waals surface area contributed by atoms with Gasteiger partial charge in [0.1, 0.15) is 6.04 Å². The minimum absolute atomic E-state index is 0.0125. The monoisotopic (exact) mass is 442 g/mol. The molecule has 0 spiro atoms. The molecule has 4 nitrogen and oxygen atoms in total. The first-order chi connectivity index (χ1) is 16.0. The number of rotatable bonds is 8. The van der Waals surface area contributed by atoms with Crippen LogP contribution in [-0.4, -0.2) is 28.8 Å². The molecule has 0 heterocycles. The van der Waals surface area contributed by atoms with Crippen LogP contribution in [-0.2, 0) is 22.6 Å². The third-order valence-corrected chi connectivity index (χ3v) is 6.79. The Morgan fingerprint density at radius 2 is 1.73 bits per heavy atom. The Labute approximate surface area is 197 Å². The highest BCUT2D eigenvalue weighted by Gasteiger charge is 2.28. The molecule has 0 radical (unpaired) electrons. The van der Waals surface area contributed by atoms with E-state index in [1.807, 2.05) is 50.2 Å². The van der Waals surface area contributed by atoms with E-state index in [2.05, 4.69) is 35.6 Å². The Morgan fingerprint density at radius 3 is 2.52 bits per heavy atom. The van der Waals surface area contributed by atoms with E-state index in [1.54, 1.807) is 4.90 Å². The number of nitrogens with one attached hydrogen (secondary N) is 1. The zero-order chi connectivity index (χ0) is 23.2. The standard InChI is InChI=1S/C29H34N2O2/c1-21-9-7-10-23(19-21)20-31(22(2)29(33)30-26-14-4-5-15-26)28(32)18-17-25-13-8-12-24-11-3-6-16-27(24)25/h3,6-13,16,19,22,26H,4-5,14-15,17-18,20H2,1-2H3,(H,30,33). The fraction of sp³-hybridized carbons (Fsp3) is 0.379. The first-order valence-corrected chi connectivity index (χ1v) is 12.1. The molecule has 0 saturated heterocycles. The van der Waals surface area contributed by atoms with Crippen LogP contribution in [0.2, 0.25) is 0 Å². The molecule has 1 unspecified atom stereocenters. The van der Waals surface area contributed by atoms with Crippen LogP contribution in [0.1, 0.15) is 55.7 Å². The number of aryl methyl sites for hydroxylation is 2. The smallest absolute Gasteiger partial charge is 0.242 e. The van der Waals surface area contributed by atoms with Crippen molar-refractivity contribution in [1.82, 2.24) is 10.2 Å². The van der Waals surface area contributed by atoms with Crippen LogP contribution in [0.3, 0.4) is 0 Å². The van der Waals surface area contributed by atoms with Crippen LogP contribution in [0, 0.1) is 6.92 Å². The lowest BCUT2D eigenvalue weighted by Crippen LogP contribution is -2.49. The number of carbonyl (C=O) groups excluding carboxylic acids is 2. The predicted octanol–water partition coefficient (Wildman–Crippen LogP) is 5.56. The van der Waals surface area contributed by atoms with Crippen LogP contribution in [0.5, 0.6) is 0 Å². The number of fused-ring (bicyclic) bond motifs is 1. The summed E-state index contributed by atoms with van der Waals surface area (Å²) in [6.45, 7) is 4.34. The molecular weight excluding hydrogens is 408 g/mol. The van der Waals surface area contributed by atoms with Gasteiger partial charge < -0.3 is 10.2 Å². The second-order valence-electron chi connectivity index (χ2n) is 9.31. The van der Waals surface area contributed by atoms with Crippen LogP contribution in [0.4, 0.5) is 0 Å². The first kappa shape index (κ1) is 23.0. The van der Waals surface area contributed by atoms with Gasteiger partial charge in [-0.1, -0.05) is 85.1 Å². The molecule has 33 heavy (non-hydrogen) atoms. The van der Waals surface area contributed by atoms with Gasteiger partial charge in [0, 0.05) is 19.0 Å². The molecule has 4 rings (SSSR count). The number of carbonyl (C=O) groups is 2. The topological polar surface area (TPSA) is 49.4 Å². The van der Waals surface area contributed by atoms with E-state index in [1.165, 1.54) is 16.3 Å². The molecule has 1 fully saturated rings. The Kier molecular flexibility index (Phi) is 7.43. The summed E-state index contributed by atoms with van der Waals surface area (Å²) in [4.78, 5) is 28.3. The molecule has 0 bridgehead atoms. The maximum absolute atomic E-state index is 13.5. The van der Waals surface area contributed by atoms with Crippen LogP contribution in [0.25, 0.3) is 10.8 Å². The Morgan fingerprint density at radius 1 is 1.00 bits per heavy atom.